The predicted molar refractivity (Wildman–Crippen MR) is 358 cm³/mol. The first-order valence-corrected chi connectivity index (χ1v) is 30.4. The van der Waals surface area contributed by atoms with Crippen molar-refractivity contribution < 1.29 is 23.7 Å². The fraction of sp³-hybridized carbons (Fsp3) is 0.0658. The van der Waals surface area contributed by atoms with E-state index < -0.39 is 0 Å². The van der Waals surface area contributed by atoms with E-state index in [1.54, 1.807) is 0 Å². The van der Waals surface area contributed by atoms with E-state index in [2.05, 4.69) is 257 Å². The van der Waals surface area contributed by atoms with Crippen LogP contribution < -0.4 is 76.1 Å². The van der Waals surface area contributed by atoms with E-state index in [-0.39, 0.29) is 18.8 Å². The molecule has 7 aliphatic rings. The van der Waals surface area contributed by atoms with Crippen LogP contribution in [0, 0.1) is 0 Å². The molecular weight excluding hydrogens is 1100 g/mol. The summed E-state index contributed by atoms with van der Waals surface area (Å²) in [5, 5.41) is 2.29. The van der Waals surface area contributed by atoms with Gasteiger partial charge in [-0.2, -0.15) is 0 Å². The van der Waals surface area contributed by atoms with Gasteiger partial charge < -0.3 is 43.3 Å². The maximum atomic E-state index is 6.99. The Morgan fingerprint density at radius 3 is 1.37 bits per heavy atom. The highest BCUT2D eigenvalue weighted by Gasteiger charge is 2.51. The Balaban J connectivity index is 0.764. The fourth-order valence-corrected chi connectivity index (χ4v) is 15.4. The molecule has 13 aromatic rings. The molecule has 11 aromatic carbocycles. The molecule has 0 spiro atoms. The molecule has 0 saturated carbocycles. The summed E-state index contributed by atoms with van der Waals surface area (Å²) >= 11 is 0. The minimum absolute atomic E-state index is 0.0493. The van der Waals surface area contributed by atoms with E-state index in [0.29, 0.717) is 12.4 Å². The number of fused-ring (bicyclic) bond motifs is 4. The highest BCUT2D eigenvalue weighted by molar-refractivity contribution is 7.01. The zero-order valence-electron chi connectivity index (χ0n) is 48.6. The minimum atomic E-state index is -0.102. The van der Waals surface area contributed by atoms with Crippen molar-refractivity contribution in [1.29, 1.82) is 0 Å². The third-order valence-electron chi connectivity index (χ3n) is 19.1. The number of hydrogen-bond acceptors (Lipinski definition) is 10. The molecule has 89 heavy (non-hydrogen) atoms. The van der Waals surface area contributed by atoms with Crippen LogP contribution in [0.5, 0.6) is 57.5 Å². The number of para-hydroxylation sites is 4. The molecule has 0 aliphatic carbocycles. The SMILES string of the molecule is CC(C)(C)c1ccnc(-n2c3ccccc3c3ccc(Oc4cccc(N5CN(c6c(N7c8cccc9c8B8c%10c(cccc%10Oc%10cccc7c%108)O9)cccc6N6c7cccc8c7B7c9c(cccc9Oc9cccc6c97)O8)c6ccccc65)c4)cc32)c1. The third kappa shape index (κ3) is 6.76. The Kier molecular flexibility index (Phi) is 9.71. The summed E-state index contributed by atoms with van der Waals surface area (Å²) in [6.07, 6.45) is 1.92. The van der Waals surface area contributed by atoms with Gasteiger partial charge in [0.2, 0.25) is 0 Å². The van der Waals surface area contributed by atoms with Gasteiger partial charge in [-0.15, -0.1) is 0 Å². The summed E-state index contributed by atoms with van der Waals surface area (Å²) in [6.45, 7) is 6.97. The van der Waals surface area contributed by atoms with E-state index in [4.69, 9.17) is 28.7 Å². The summed E-state index contributed by atoms with van der Waals surface area (Å²) < 4.78 is 36.8. The predicted octanol–water partition coefficient (Wildman–Crippen LogP) is 15.5. The van der Waals surface area contributed by atoms with Gasteiger partial charge in [-0.1, -0.05) is 99.6 Å². The first kappa shape index (κ1) is 48.9. The van der Waals surface area contributed by atoms with Crippen molar-refractivity contribution in [3.8, 4) is 63.3 Å². The maximum Gasteiger partial charge on any atom is 0.266 e. The molecule has 20 rings (SSSR count). The zero-order chi connectivity index (χ0) is 58.5. The van der Waals surface area contributed by atoms with E-state index in [0.717, 1.165) is 169 Å². The van der Waals surface area contributed by atoms with Crippen molar-refractivity contribution in [2.75, 3.05) is 26.3 Å². The van der Waals surface area contributed by atoms with Crippen molar-refractivity contribution >= 4 is 125 Å². The molecule has 0 fully saturated rings. The lowest BCUT2D eigenvalue weighted by Crippen LogP contribution is -2.61. The molecule has 9 heterocycles. The number of benzene rings is 11. The molecule has 13 heteroatoms. The van der Waals surface area contributed by atoms with Crippen molar-refractivity contribution in [1.82, 2.24) is 9.55 Å². The van der Waals surface area contributed by atoms with Gasteiger partial charge in [-0.05, 0) is 172 Å². The zero-order valence-corrected chi connectivity index (χ0v) is 48.6. The Morgan fingerprint density at radius 1 is 0.382 bits per heavy atom. The molecule has 2 aromatic heterocycles. The van der Waals surface area contributed by atoms with Crippen LogP contribution in [0.1, 0.15) is 26.3 Å². The number of pyridine rings is 1. The Labute approximate surface area is 513 Å². The van der Waals surface area contributed by atoms with Crippen LogP contribution in [0.25, 0.3) is 27.6 Å². The molecule has 0 amide bonds. The van der Waals surface area contributed by atoms with Crippen molar-refractivity contribution in [3.05, 3.63) is 242 Å². The van der Waals surface area contributed by atoms with E-state index in [1.165, 1.54) is 5.56 Å². The quantitative estimate of drug-likeness (QED) is 0.144. The Hall–Kier alpha value is -11.3. The smallest absolute Gasteiger partial charge is 0.266 e. The van der Waals surface area contributed by atoms with Gasteiger partial charge in [-0.25, -0.2) is 4.98 Å². The largest absolute Gasteiger partial charge is 0.458 e. The van der Waals surface area contributed by atoms with E-state index in [1.807, 2.05) is 24.4 Å². The molecule has 0 atom stereocenters. The standard InChI is InChI=1S/C76H50B2N6O5/c1-76(2,3)44-38-39-79-68(40-44)84-50-19-5-4-18-48(50)49-37-36-47(42-59(49)84)85-46-17-8-16-45(41-46)80-43-81(52-21-7-6-20-51(52)80)75-57(82-53-22-10-28-60-69(53)77-70-54(82)23-11-29-61(70)87-65-33-14-32-64(86-60)73(65)77)26-9-27-58(75)83-55-24-12-30-62-71(55)78-72-56(83)25-13-31-63(72)89-67-35-15-34-66(88-62)74(67)78/h4-42H,43H2,1-3H3. The van der Waals surface area contributed by atoms with Crippen molar-refractivity contribution in [3.63, 3.8) is 0 Å². The molecule has 0 saturated heterocycles. The molecular formula is C76H50B2N6O5. The summed E-state index contributed by atoms with van der Waals surface area (Å²) in [5.74, 6) is 8.93. The lowest BCUT2D eigenvalue weighted by molar-refractivity contribution is 0.463. The Bertz CT molecular complexity index is 4970. The molecule has 0 radical (unpaired) electrons. The number of anilines is 10. The number of ether oxygens (including phenoxy) is 5. The van der Waals surface area contributed by atoms with Crippen molar-refractivity contribution in [2.24, 2.45) is 0 Å². The van der Waals surface area contributed by atoms with Crippen LogP contribution in [0.15, 0.2) is 237 Å². The summed E-state index contributed by atoms with van der Waals surface area (Å²) in [4.78, 5) is 14.8. The van der Waals surface area contributed by atoms with Gasteiger partial charge in [0.1, 0.15) is 70.0 Å². The van der Waals surface area contributed by atoms with Crippen molar-refractivity contribution in [2.45, 2.75) is 26.2 Å². The van der Waals surface area contributed by atoms with Gasteiger partial charge in [0, 0.05) is 68.5 Å². The topological polar surface area (TPSA) is 76.9 Å². The van der Waals surface area contributed by atoms with Crippen LogP contribution in [0.3, 0.4) is 0 Å². The monoisotopic (exact) mass is 1150 g/mol. The van der Waals surface area contributed by atoms with Gasteiger partial charge >= 0.3 is 0 Å². The second-order valence-electron chi connectivity index (χ2n) is 25.0. The van der Waals surface area contributed by atoms with Crippen LogP contribution in [0.4, 0.5) is 56.9 Å². The third-order valence-corrected chi connectivity index (χ3v) is 19.1. The lowest BCUT2D eigenvalue weighted by Gasteiger charge is -2.45. The molecule has 0 bridgehead atoms. The first-order valence-electron chi connectivity index (χ1n) is 30.4. The number of nitrogens with zero attached hydrogens (tertiary/aromatic N) is 6. The van der Waals surface area contributed by atoms with Gasteiger partial charge in [0.15, 0.2) is 0 Å². The second kappa shape index (κ2) is 17.7. The second-order valence-corrected chi connectivity index (χ2v) is 25.0. The number of rotatable bonds is 7. The number of aromatic nitrogens is 2. The average molecular weight is 1150 g/mol. The molecule has 0 unspecified atom stereocenters. The highest BCUT2D eigenvalue weighted by atomic mass is 16.5. The van der Waals surface area contributed by atoms with Crippen LogP contribution >= 0.6 is 0 Å². The molecule has 420 valence electrons. The van der Waals surface area contributed by atoms with Gasteiger partial charge in [0.25, 0.3) is 13.4 Å². The summed E-state index contributed by atoms with van der Waals surface area (Å²) in [7, 11) is 0. The molecule has 11 nitrogen and oxygen atoms in total. The Morgan fingerprint density at radius 2 is 0.820 bits per heavy atom. The van der Waals surface area contributed by atoms with E-state index >= 15 is 0 Å². The summed E-state index contributed by atoms with van der Waals surface area (Å²) in [5.41, 5.74) is 20.0. The van der Waals surface area contributed by atoms with E-state index in [9.17, 15) is 0 Å². The first-order chi connectivity index (χ1) is 43.8. The average Bonchev–Trinajstić information content (AvgIpc) is 1.70. The highest BCUT2D eigenvalue weighted by Crippen LogP contribution is 2.57. The molecule has 7 aliphatic heterocycles. The fourth-order valence-electron chi connectivity index (χ4n) is 15.4. The number of hydrogen-bond donors (Lipinski definition) is 0. The van der Waals surface area contributed by atoms with Crippen LogP contribution in [-0.2, 0) is 5.41 Å². The van der Waals surface area contributed by atoms with Gasteiger partial charge in [-0.3, -0.25) is 4.57 Å². The van der Waals surface area contributed by atoms with Gasteiger partial charge in [0.05, 0.1) is 39.5 Å². The molecule has 0 N–H and O–H groups in total. The lowest BCUT2D eigenvalue weighted by atomic mass is 9.33. The normalized spacial score (nSPS) is 14.4. The van der Waals surface area contributed by atoms with Crippen LogP contribution in [0.2, 0.25) is 0 Å². The summed E-state index contributed by atoms with van der Waals surface area (Å²) in [6, 6.07) is 81.5. The minimum Gasteiger partial charge on any atom is -0.458 e. The van der Waals surface area contributed by atoms with Crippen LogP contribution in [-0.4, -0.2) is 29.6 Å². The maximum absolute atomic E-state index is 6.99.